The van der Waals surface area contributed by atoms with Crippen LogP contribution in [0.4, 0.5) is 0 Å². The van der Waals surface area contributed by atoms with Gasteiger partial charge in [0.15, 0.2) is 0 Å². The van der Waals surface area contributed by atoms with Gasteiger partial charge in [-0.2, -0.15) is 0 Å². The van der Waals surface area contributed by atoms with Crippen molar-refractivity contribution in [2.24, 2.45) is 0 Å². The highest BCUT2D eigenvalue weighted by Crippen LogP contribution is 2.16. The summed E-state index contributed by atoms with van der Waals surface area (Å²) in [5.74, 6) is 0. The molecule has 1 aromatic carbocycles. The van der Waals surface area contributed by atoms with Crippen LogP contribution in [0.5, 0.6) is 0 Å². The summed E-state index contributed by atoms with van der Waals surface area (Å²) in [6.45, 7) is 0. The summed E-state index contributed by atoms with van der Waals surface area (Å²) in [5, 5.41) is 0. The van der Waals surface area contributed by atoms with Gasteiger partial charge < -0.3 is 9.97 Å². The van der Waals surface area contributed by atoms with Crippen molar-refractivity contribution in [2.75, 3.05) is 0 Å². The molecule has 0 fully saturated rings. The summed E-state index contributed by atoms with van der Waals surface area (Å²) in [7, 11) is 0. The van der Waals surface area contributed by atoms with Crippen LogP contribution < -0.4 is 0 Å². The molecule has 0 radical (unpaired) electrons. The Hall–Kier alpha value is -4.18. The Labute approximate surface area is 174 Å². The minimum absolute atomic E-state index is 0.939. The minimum atomic E-state index is 0.939. The summed E-state index contributed by atoms with van der Waals surface area (Å²) in [4.78, 5) is 16.0. The fourth-order valence-electron chi connectivity index (χ4n) is 3.33. The quantitative estimate of drug-likeness (QED) is 0.319. The largest absolute Gasteiger partial charge is 0.355 e. The van der Waals surface area contributed by atoms with Crippen LogP contribution in [0.15, 0.2) is 84.9 Å². The van der Waals surface area contributed by atoms with Crippen LogP contribution in [-0.2, 0) is 0 Å². The van der Waals surface area contributed by atoms with Crippen molar-refractivity contribution < 1.29 is 0 Å². The number of nitrogens with zero attached hydrogens (tertiary/aromatic N) is 2. The Morgan fingerprint density at radius 3 is 0.933 bits per heavy atom. The maximum atomic E-state index is 4.63. The SMILES string of the molecule is C1=Cc2cc3ccc(cc4nc(cc5ccc(cc1n2)[nH]5)C=C4)[nH]3.c1ccccc1. The Balaban J connectivity index is 0.000000279. The van der Waals surface area contributed by atoms with Gasteiger partial charge in [0.1, 0.15) is 0 Å². The van der Waals surface area contributed by atoms with E-state index in [2.05, 4.69) is 44.2 Å². The highest BCUT2D eigenvalue weighted by molar-refractivity contribution is 5.77. The molecule has 2 N–H and O–H groups in total. The minimum Gasteiger partial charge on any atom is -0.355 e. The van der Waals surface area contributed by atoms with Gasteiger partial charge in [-0.25, -0.2) is 9.97 Å². The van der Waals surface area contributed by atoms with E-state index in [1.165, 1.54) is 0 Å². The summed E-state index contributed by atoms with van der Waals surface area (Å²) in [5.41, 5.74) is 7.86. The van der Waals surface area contributed by atoms with Gasteiger partial charge in [-0.15, -0.1) is 0 Å². The highest BCUT2D eigenvalue weighted by Gasteiger charge is 2.01. The first-order valence-electron chi connectivity index (χ1n) is 9.85. The molecule has 0 saturated carbocycles. The van der Waals surface area contributed by atoms with Crippen molar-refractivity contribution in [3.05, 3.63) is 108 Å². The number of rotatable bonds is 0. The van der Waals surface area contributed by atoms with E-state index in [4.69, 9.17) is 0 Å². The second-order valence-corrected chi connectivity index (χ2v) is 7.06. The molecule has 4 nitrogen and oxygen atoms in total. The molecule has 5 heterocycles. The fourth-order valence-corrected chi connectivity index (χ4v) is 3.33. The van der Waals surface area contributed by atoms with Crippen LogP contribution >= 0.6 is 0 Å². The second-order valence-electron chi connectivity index (χ2n) is 7.06. The zero-order valence-electron chi connectivity index (χ0n) is 16.3. The zero-order valence-corrected chi connectivity index (χ0v) is 16.3. The molecule has 0 spiro atoms. The van der Waals surface area contributed by atoms with Crippen molar-refractivity contribution >= 4 is 46.4 Å². The predicted octanol–water partition coefficient (Wildman–Crippen LogP) is 6.34. The summed E-state index contributed by atoms with van der Waals surface area (Å²) < 4.78 is 0. The average molecular weight is 388 g/mol. The molecule has 0 saturated heterocycles. The Morgan fingerprint density at radius 2 is 0.667 bits per heavy atom. The molecule has 8 bridgehead atoms. The summed E-state index contributed by atoms with van der Waals surface area (Å²) in [6.07, 6.45) is 8.09. The molecule has 4 heteroatoms. The van der Waals surface area contributed by atoms with Gasteiger partial charge in [-0.3, -0.25) is 0 Å². The molecule has 4 aromatic rings. The third kappa shape index (κ3) is 4.28. The van der Waals surface area contributed by atoms with E-state index in [1.807, 2.05) is 85.0 Å². The number of benzene rings is 1. The predicted molar refractivity (Wildman–Crippen MR) is 125 cm³/mol. The Bertz CT molecular complexity index is 1190. The molecular weight excluding hydrogens is 368 g/mol. The molecule has 0 atom stereocenters. The van der Waals surface area contributed by atoms with E-state index >= 15 is 0 Å². The summed E-state index contributed by atoms with van der Waals surface area (Å²) >= 11 is 0. The standard InChI is InChI=1S/C20H14N4.C6H6/c1-2-14-10-16-5-6-18(23-16)12-20-8-7-19(24-20)11-17-4-3-15(22-17)9-13(1)21-14;1-2-4-6-5-3-1/h1-12,21,24H;1-6H. The third-order valence-electron chi connectivity index (χ3n) is 4.71. The van der Waals surface area contributed by atoms with Crippen LogP contribution in [0, 0.1) is 0 Å². The maximum absolute atomic E-state index is 4.63. The molecule has 0 aliphatic carbocycles. The summed E-state index contributed by atoms with van der Waals surface area (Å²) in [6, 6.07) is 28.4. The molecule has 30 heavy (non-hydrogen) atoms. The van der Waals surface area contributed by atoms with Crippen molar-refractivity contribution in [2.45, 2.75) is 0 Å². The number of fused-ring (bicyclic) bond motifs is 8. The molecule has 144 valence electrons. The van der Waals surface area contributed by atoms with Gasteiger partial charge in [0.25, 0.3) is 0 Å². The van der Waals surface area contributed by atoms with Gasteiger partial charge in [0.05, 0.1) is 22.8 Å². The number of nitrogens with one attached hydrogen (secondary N) is 2. The normalized spacial score (nSPS) is 11.7. The molecule has 3 aromatic heterocycles. The van der Waals surface area contributed by atoms with E-state index in [0.717, 1.165) is 44.8 Å². The molecule has 2 aliphatic heterocycles. The van der Waals surface area contributed by atoms with Gasteiger partial charge in [0.2, 0.25) is 0 Å². The van der Waals surface area contributed by atoms with Crippen LogP contribution in [0.2, 0.25) is 0 Å². The van der Waals surface area contributed by atoms with E-state index in [0.29, 0.717) is 0 Å². The van der Waals surface area contributed by atoms with E-state index in [1.54, 1.807) is 0 Å². The number of aromatic amines is 2. The van der Waals surface area contributed by atoms with Gasteiger partial charge in [-0.1, -0.05) is 36.4 Å². The number of hydrogen-bond donors (Lipinski definition) is 2. The van der Waals surface area contributed by atoms with Crippen molar-refractivity contribution in [1.29, 1.82) is 0 Å². The first-order chi connectivity index (χ1) is 14.8. The topological polar surface area (TPSA) is 57.4 Å². The Kier molecular flexibility index (Phi) is 4.80. The van der Waals surface area contributed by atoms with Gasteiger partial charge in [0, 0.05) is 22.1 Å². The fraction of sp³-hybridized carbons (Fsp3) is 0. The first kappa shape index (κ1) is 17.9. The van der Waals surface area contributed by atoms with Crippen LogP contribution in [0.25, 0.3) is 46.4 Å². The number of hydrogen-bond acceptors (Lipinski definition) is 2. The molecule has 2 aliphatic rings. The van der Waals surface area contributed by atoms with Crippen molar-refractivity contribution in [3.63, 3.8) is 0 Å². The maximum Gasteiger partial charge on any atom is 0.0658 e. The lowest BCUT2D eigenvalue weighted by molar-refractivity contribution is 1.31. The van der Waals surface area contributed by atoms with Crippen LogP contribution in [0.1, 0.15) is 22.8 Å². The van der Waals surface area contributed by atoms with Gasteiger partial charge in [-0.05, 0) is 72.8 Å². The van der Waals surface area contributed by atoms with E-state index < -0.39 is 0 Å². The average Bonchev–Trinajstić information content (AvgIpc) is 3.56. The van der Waals surface area contributed by atoms with Gasteiger partial charge >= 0.3 is 0 Å². The third-order valence-corrected chi connectivity index (χ3v) is 4.71. The van der Waals surface area contributed by atoms with Crippen molar-refractivity contribution in [1.82, 2.24) is 19.9 Å². The monoisotopic (exact) mass is 388 g/mol. The van der Waals surface area contributed by atoms with Crippen LogP contribution in [0.3, 0.4) is 0 Å². The van der Waals surface area contributed by atoms with Crippen LogP contribution in [-0.4, -0.2) is 19.9 Å². The lowest BCUT2D eigenvalue weighted by Crippen LogP contribution is -1.75. The number of H-pyrrole nitrogens is 2. The molecule has 0 unspecified atom stereocenters. The molecular formula is C26H20N4. The smallest absolute Gasteiger partial charge is 0.0658 e. The zero-order chi connectivity index (χ0) is 20.2. The highest BCUT2D eigenvalue weighted by atomic mass is 14.8. The lowest BCUT2D eigenvalue weighted by atomic mass is 10.3. The number of aromatic nitrogens is 4. The molecule has 6 rings (SSSR count). The van der Waals surface area contributed by atoms with Crippen molar-refractivity contribution in [3.8, 4) is 0 Å². The molecule has 0 amide bonds. The first-order valence-corrected chi connectivity index (χ1v) is 9.85. The lowest BCUT2D eigenvalue weighted by Gasteiger charge is -1.85. The Morgan fingerprint density at radius 1 is 0.400 bits per heavy atom. The van der Waals surface area contributed by atoms with E-state index in [9.17, 15) is 0 Å². The second kappa shape index (κ2) is 8.05. The van der Waals surface area contributed by atoms with E-state index in [-0.39, 0.29) is 0 Å².